The molecule has 6 nitrogen and oxygen atoms in total. The van der Waals surface area contributed by atoms with E-state index >= 15 is 0 Å². The van der Waals surface area contributed by atoms with Gasteiger partial charge in [0.05, 0.1) is 17.7 Å². The molecule has 0 fully saturated rings. The summed E-state index contributed by atoms with van der Waals surface area (Å²) >= 11 is 0. The highest BCUT2D eigenvalue weighted by atomic mass is 16.3. The first kappa shape index (κ1) is 18.3. The maximum atomic E-state index is 12.2. The Labute approximate surface area is 145 Å². The molecule has 0 unspecified atom stereocenters. The Morgan fingerprint density at radius 1 is 1.16 bits per heavy atom. The summed E-state index contributed by atoms with van der Waals surface area (Å²) in [6.07, 6.45) is -1.11. The average molecular weight is 338 g/mol. The highest BCUT2D eigenvalue weighted by molar-refractivity contribution is 5.98. The molecule has 128 valence electrons. The summed E-state index contributed by atoms with van der Waals surface area (Å²) in [7, 11) is 0. The van der Waals surface area contributed by atoms with E-state index in [0.717, 1.165) is 11.1 Å². The van der Waals surface area contributed by atoms with E-state index in [1.807, 2.05) is 6.07 Å². The maximum absolute atomic E-state index is 12.2. The van der Waals surface area contributed by atoms with Crippen LogP contribution in [0.3, 0.4) is 0 Å². The van der Waals surface area contributed by atoms with E-state index in [-0.39, 0.29) is 0 Å². The van der Waals surface area contributed by atoms with Gasteiger partial charge in [0, 0.05) is 5.56 Å². The summed E-state index contributed by atoms with van der Waals surface area (Å²) in [5.41, 5.74) is 2.55. The van der Waals surface area contributed by atoms with Crippen LogP contribution < -0.4 is 5.32 Å². The summed E-state index contributed by atoms with van der Waals surface area (Å²) in [6.45, 7) is 0.605. The first-order chi connectivity index (χ1) is 12.0. The Hall–Kier alpha value is -3.01. The number of Topliss-reactive ketones (excluding diaryl/α,β-unsaturated/α-hetero) is 1. The SMILES string of the molecule is C[C@@H](O)[C@H](NC(=O)c1ccc(-c2cccc(C#N)c2)cc1)C(=O)CO. The monoisotopic (exact) mass is 338 g/mol. The van der Waals surface area contributed by atoms with Crippen molar-refractivity contribution in [1.82, 2.24) is 5.32 Å². The lowest BCUT2D eigenvalue weighted by Gasteiger charge is -2.19. The lowest BCUT2D eigenvalue weighted by molar-refractivity contribution is -0.125. The van der Waals surface area contributed by atoms with Gasteiger partial charge in [-0.1, -0.05) is 24.3 Å². The van der Waals surface area contributed by atoms with Gasteiger partial charge in [-0.05, 0) is 42.3 Å². The minimum Gasteiger partial charge on any atom is -0.391 e. The van der Waals surface area contributed by atoms with Gasteiger partial charge in [-0.25, -0.2) is 0 Å². The molecule has 2 aromatic carbocycles. The number of benzene rings is 2. The molecule has 2 rings (SSSR count). The standard InChI is InChI=1S/C19H18N2O4/c1-12(23)18(17(24)11-22)21-19(25)15-7-5-14(6-8-15)16-4-2-3-13(9-16)10-20/h2-9,12,18,22-23H,11H2,1H3,(H,21,25)/t12-,18+/m1/s1. The molecule has 2 atom stereocenters. The van der Waals surface area contributed by atoms with Gasteiger partial charge >= 0.3 is 0 Å². The van der Waals surface area contributed by atoms with Gasteiger partial charge in [-0.15, -0.1) is 0 Å². The maximum Gasteiger partial charge on any atom is 0.251 e. The smallest absolute Gasteiger partial charge is 0.251 e. The molecule has 0 aliphatic heterocycles. The molecule has 0 radical (unpaired) electrons. The molecule has 0 bridgehead atoms. The van der Waals surface area contributed by atoms with Crippen molar-refractivity contribution in [2.24, 2.45) is 0 Å². The third-order valence-electron chi connectivity index (χ3n) is 3.74. The Bertz CT molecular complexity index is 807. The molecular weight excluding hydrogens is 320 g/mol. The third kappa shape index (κ3) is 4.51. The number of hydrogen-bond acceptors (Lipinski definition) is 5. The highest BCUT2D eigenvalue weighted by Crippen LogP contribution is 2.21. The number of hydrogen-bond donors (Lipinski definition) is 3. The molecule has 1 amide bonds. The fraction of sp³-hybridized carbons (Fsp3) is 0.211. The van der Waals surface area contributed by atoms with Crippen LogP contribution in [-0.2, 0) is 4.79 Å². The molecule has 0 saturated carbocycles. The number of nitrogens with one attached hydrogen (secondary N) is 1. The zero-order valence-corrected chi connectivity index (χ0v) is 13.6. The fourth-order valence-electron chi connectivity index (χ4n) is 2.38. The minimum absolute atomic E-state index is 0.316. The van der Waals surface area contributed by atoms with Crippen molar-refractivity contribution in [3.05, 3.63) is 59.7 Å². The Morgan fingerprint density at radius 2 is 1.84 bits per heavy atom. The average Bonchev–Trinajstić information content (AvgIpc) is 2.65. The van der Waals surface area contributed by atoms with Crippen molar-refractivity contribution >= 4 is 11.7 Å². The first-order valence-corrected chi connectivity index (χ1v) is 7.69. The van der Waals surface area contributed by atoms with Gasteiger partial charge in [-0.2, -0.15) is 5.26 Å². The second-order valence-electron chi connectivity index (χ2n) is 5.59. The Balaban J connectivity index is 2.17. The van der Waals surface area contributed by atoms with Gasteiger partial charge in [0.1, 0.15) is 12.6 Å². The van der Waals surface area contributed by atoms with Crippen LogP contribution in [0.2, 0.25) is 0 Å². The van der Waals surface area contributed by atoms with Gasteiger partial charge in [0.25, 0.3) is 5.91 Å². The molecule has 0 spiro atoms. The van der Waals surface area contributed by atoms with E-state index in [2.05, 4.69) is 11.4 Å². The number of nitriles is 1. The normalized spacial score (nSPS) is 12.7. The van der Waals surface area contributed by atoms with Crippen molar-refractivity contribution in [3.8, 4) is 17.2 Å². The van der Waals surface area contributed by atoms with Crippen molar-refractivity contribution in [2.75, 3.05) is 6.61 Å². The van der Waals surface area contributed by atoms with Crippen LogP contribution in [-0.4, -0.2) is 40.7 Å². The van der Waals surface area contributed by atoms with E-state index in [4.69, 9.17) is 10.4 Å². The van der Waals surface area contributed by atoms with Crippen LogP contribution in [0.5, 0.6) is 0 Å². The number of nitrogens with zero attached hydrogens (tertiary/aromatic N) is 1. The molecule has 0 saturated heterocycles. The number of ketones is 1. The molecule has 0 aliphatic rings. The largest absolute Gasteiger partial charge is 0.391 e. The molecular formula is C19H18N2O4. The number of aliphatic hydroxyl groups is 2. The highest BCUT2D eigenvalue weighted by Gasteiger charge is 2.25. The van der Waals surface area contributed by atoms with Crippen molar-refractivity contribution in [3.63, 3.8) is 0 Å². The van der Waals surface area contributed by atoms with Crippen molar-refractivity contribution in [1.29, 1.82) is 5.26 Å². The van der Waals surface area contributed by atoms with Crippen LogP contribution in [0.25, 0.3) is 11.1 Å². The third-order valence-corrected chi connectivity index (χ3v) is 3.74. The lowest BCUT2D eigenvalue weighted by Crippen LogP contribution is -2.48. The van der Waals surface area contributed by atoms with Crippen molar-refractivity contribution in [2.45, 2.75) is 19.1 Å². The van der Waals surface area contributed by atoms with Crippen LogP contribution in [0.1, 0.15) is 22.8 Å². The second kappa shape index (κ2) is 8.20. The fourth-order valence-corrected chi connectivity index (χ4v) is 2.38. The van der Waals surface area contributed by atoms with E-state index in [1.54, 1.807) is 42.5 Å². The zero-order valence-electron chi connectivity index (χ0n) is 13.6. The summed E-state index contributed by atoms with van der Waals surface area (Å²) in [5, 5.41) is 29.9. The number of aliphatic hydroxyl groups excluding tert-OH is 2. The van der Waals surface area contributed by atoms with E-state index in [0.29, 0.717) is 11.1 Å². The van der Waals surface area contributed by atoms with E-state index in [1.165, 1.54) is 6.92 Å². The van der Waals surface area contributed by atoms with Gasteiger partial charge < -0.3 is 15.5 Å². The summed E-state index contributed by atoms with van der Waals surface area (Å²) in [6, 6.07) is 14.7. The molecule has 0 heterocycles. The molecule has 0 aromatic heterocycles. The summed E-state index contributed by atoms with van der Waals surface area (Å²) in [4.78, 5) is 23.8. The van der Waals surface area contributed by atoms with Gasteiger partial charge in [0.15, 0.2) is 5.78 Å². The van der Waals surface area contributed by atoms with Crippen LogP contribution in [0, 0.1) is 11.3 Å². The summed E-state index contributed by atoms with van der Waals surface area (Å²) < 4.78 is 0. The molecule has 6 heteroatoms. The predicted octanol–water partition coefficient (Wildman–Crippen LogP) is 1.27. The van der Waals surface area contributed by atoms with Crippen LogP contribution in [0.4, 0.5) is 0 Å². The zero-order chi connectivity index (χ0) is 18.4. The quantitative estimate of drug-likeness (QED) is 0.734. The Kier molecular flexibility index (Phi) is 6.01. The number of amides is 1. The minimum atomic E-state index is -1.16. The van der Waals surface area contributed by atoms with Crippen LogP contribution >= 0.6 is 0 Å². The number of carbonyl (C=O) groups is 2. The predicted molar refractivity (Wildman–Crippen MR) is 91.6 cm³/mol. The molecule has 2 aromatic rings. The van der Waals surface area contributed by atoms with Crippen LogP contribution in [0.15, 0.2) is 48.5 Å². The van der Waals surface area contributed by atoms with E-state index < -0.39 is 30.4 Å². The number of carbonyl (C=O) groups excluding carboxylic acids is 2. The molecule has 3 N–H and O–H groups in total. The molecule has 25 heavy (non-hydrogen) atoms. The van der Waals surface area contributed by atoms with Gasteiger partial charge in [-0.3, -0.25) is 9.59 Å². The topological polar surface area (TPSA) is 110 Å². The number of rotatable bonds is 6. The first-order valence-electron chi connectivity index (χ1n) is 7.69. The Morgan fingerprint density at radius 3 is 2.40 bits per heavy atom. The lowest BCUT2D eigenvalue weighted by atomic mass is 10.0. The second-order valence-corrected chi connectivity index (χ2v) is 5.59. The summed E-state index contributed by atoms with van der Waals surface area (Å²) in [5.74, 6) is -1.18. The molecule has 0 aliphatic carbocycles. The van der Waals surface area contributed by atoms with Gasteiger partial charge in [0.2, 0.25) is 0 Å². The van der Waals surface area contributed by atoms with Crippen molar-refractivity contribution < 1.29 is 19.8 Å². The van der Waals surface area contributed by atoms with E-state index in [9.17, 15) is 14.7 Å².